The van der Waals surface area contributed by atoms with Crippen molar-refractivity contribution in [2.75, 3.05) is 24.7 Å². The van der Waals surface area contributed by atoms with E-state index in [2.05, 4.69) is 10.5 Å². The summed E-state index contributed by atoms with van der Waals surface area (Å²) in [4.78, 5) is 26.0. The third-order valence-electron chi connectivity index (χ3n) is 4.83. The number of benzene rings is 2. The molecule has 0 unspecified atom stereocenters. The molecule has 2 aromatic rings. The van der Waals surface area contributed by atoms with Gasteiger partial charge in [-0.15, -0.1) is 0 Å². The van der Waals surface area contributed by atoms with Crippen LogP contribution in [0.25, 0.3) is 0 Å². The molecule has 2 amide bonds. The number of hydrogen-bond acceptors (Lipinski definition) is 6. The average Bonchev–Trinajstić information content (AvgIpc) is 3.09. The van der Waals surface area contributed by atoms with Gasteiger partial charge in [0.2, 0.25) is 0 Å². The van der Waals surface area contributed by atoms with E-state index in [4.69, 9.17) is 14.2 Å². The molecule has 30 heavy (non-hydrogen) atoms. The van der Waals surface area contributed by atoms with Gasteiger partial charge in [-0.1, -0.05) is 12.1 Å². The Kier molecular flexibility index (Phi) is 5.56. The van der Waals surface area contributed by atoms with Crippen LogP contribution in [0.2, 0.25) is 0 Å². The average molecular weight is 409 g/mol. The lowest BCUT2D eigenvalue weighted by Gasteiger charge is -2.28. The lowest BCUT2D eigenvalue weighted by Crippen LogP contribution is -2.44. The third-order valence-corrected chi connectivity index (χ3v) is 4.83. The highest BCUT2D eigenvalue weighted by Gasteiger charge is 2.27. The molecule has 0 aromatic heterocycles. The van der Waals surface area contributed by atoms with Gasteiger partial charge in [-0.25, -0.2) is 5.43 Å². The van der Waals surface area contributed by atoms with E-state index in [-0.39, 0.29) is 25.2 Å². The molecule has 2 aliphatic rings. The Bertz CT molecular complexity index is 1000. The Hall–Kier alpha value is -3.55. The summed E-state index contributed by atoms with van der Waals surface area (Å²) in [5.74, 6) is 1.36. The van der Waals surface area contributed by atoms with E-state index in [1.54, 1.807) is 18.2 Å². The lowest BCUT2D eigenvalue weighted by molar-refractivity contribution is -0.125. The number of carbonyl (C=O) groups is 2. The summed E-state index contributed by atoms with van der Waals surface area (Å²) in [6, 6.07) is 10.9. The predicted molar refractivity (Wildman–Crippen MR) is 111 cm³/mol. The highest BCUT2D eigenvalue weighted by atomic mass is 16.5. The molecule has 0 bridgehead atoms. The molecule has 0 spiro atoms. The zero-order valence-electron chi connectivity index (χ0n) is 16.9. The number of nitrogens with one attached hydrogen (secondary N) is 1. The molecule has 0 aliphatic carbocycles. The van der Waals surface area contributed by atoms with Gasteiger partial charge in [0.25, 0.3) is 11.8 Å². The van der Waals surface area contributed by atoms with Gasteiger partial charge < -0.3 is 14.2 Å². The molecule has 0 radical (unpaired) electrons. The number of hydrazone groups is 1. The van der Waals surface area contributed by atoms with Gasteiger partial charge in [0.05, 0.1) is 18.5 Å². The second-order valence-electron chi connectivity index (χ2n) is 7.09. The zero-order valence-corrected chi connectivity index (χ0v) is 16.9. The van der Waals surface area contributed by atoms with E-state index in [0.29, 0.717) is 29.4 Å². The van der Waals surface area contributed by atoms with E-state index in [9.17, 15) is 9.59 Å². The summed E-state index contributed by atoms with van der Waals surface area (Å²) >= 11 is 0. The first-order valence-electron chi connectivity index (χ1n) is 9.85. The highest BCUT2D eigenvalue weighted by molar-refractivity contribution is 6.02. The Balaban J connectivity index is 1.44. The number of hydrogen-bond donors (Lipinski definition) is 1. The molecular formula is C22H23N3O5. The second-order valence-corrected chi connectivity index (χ2v) is 7.09. The fourth-order valence-electron chi connectivity index (χ4n) is 3.52. The minimum atomic E-state index is -0.416. The minimum Gasteiger partial charge on any atom is -0.493 e. The molecule has 0 saturated heterocycles. The summed E-state index contributed by atoms with van der Waals surface area (Å²) in [5, 5.41) is 4.05. The van der Waals surface area contributed by atoms with E-state index in [1.807, 2.05) is 32.0 Å². The minimum absolute atomic E-state index is 0.0984. The van der Waals surface area contributed by atoms with Crippen molar-refractivity contribution in [1.82, 2.24) is 5.43 Å². The molecule has 0 fully saturated rings. The highest BCUT2D eigenvalue weighted by Crippen LogP contribution is 2.34. The molecule has 0 saturated carbocycles. The largest absolute Gasteiger partial charge is 0.493 e. The van der Waals surface area contributed by atoms with Gasteiger partial charge in [0.1, 0.15) is 29.9 Å². The standard InChI is InChI=1S/C22H23N3O5/c1-3-28-19-9-15-8-14(2)30-20(15)10-16(19)11-23-24-21(26)12-25-17-6-4-5-7-18(17)29-13-22(25)27/h4-7,9-11,14H,3,8,12-13H2,1-2H3,(H,24,26)/b23-11-/t14-/m1/s1. The smallest absolute Gasteiger partial charge is 0.265 e. The number of nitrogens with zero attached hydrogens (tertiary/aromatic N) is 2. The van der Waals surface area contributed by atoms with Crippen LogP contribution in [0.4, 0.5) is 5.69 Å². The topological polar surface area (TPSA) is 89.5 Å². The Labute approximate surface area is 174 Å². The summed E-state index contributed by atoms with van der Waals surface area (Å²) in [6.45, 7) is 4.19. The first-order chi connectivity index (χ1) is 14.5. The molecule has 156 valence electrons. The van der Waals surface area contributed by atoms with Crippen LogP contribution in [0.15, 0.2) is 41.5 Å². The van der Waals surface area contributed by atoms with Crippen molar-refractivity contribution in [2.45, 2.75) is 26.4 Å². The molecule has 2 heterocycles. The predicted octanol–water partition coefficient (Wildman–Crippen LogP) is 2.28. The van der Waals surface area contributed by atoms with Crippen molar-refractivity contribution in [1.29, 1.82) is 0 Å². The first kappa shape index (κ1) is 19.8. The van der Waals surface area contributed by atoms with Gasteiger partial charge >= 0.3 is 0 Å². The number of carbonyl (C=O) groups excluding carboxylic acids is 2. The van der Waals surface area contributed by atoms with Crippen LogP contribution in [-0.2, 0) is 16.0 Å². The molecule has 2 aliphatic heterocycles. The van der Waals surface area contributed by atoms with Gasteiger partial charge in [0.15, 0.2) is 6.61 Å². The molecule has 8 nitrogen and oxygen atoms in total. The fraction of sp³-hybridized carbons (Fsp3) is 0.318. The molecular weight excluding hydrogens is 386 g/mol. The monoisotopic (exact) mass is 409 g/mol. The SMILES string of the molecule is CCOc1cc2c(cc1/C=N\NC(=O)CN1C(=O)COc3ccccc31)O[C@H](C)C2. The molecule has 8 heteroatoms. The summed E-state index contributed by atoms with van der Waals surface area (Å²) in [5.41, 5.74) is 4.84. The number of amides is 2. The van der Waals surface area contributed by atoms with Crippen LogP contribution in [0.1, 0.15) is 25.0 Å². The number of ether oxygens (including phenoxy) is 3. The van der Waals surface area contributed by atoms with Crippen LogP contribution in [0.3, 0.4) is 0 Å². The summed E-state index contributed by atoms with van der Waals surface area (Å²) in [7, 11) is 0. The van der Waals surface area contributed by atoms with Crippen LogP contribution in [-0.4, -0.2) is 43.9 Å². The first-order valence-corrected chi connectivity index (χ1v) is 9.85. The maximum absolute atomic E-state index is 12.4. The zero-order chi connectivity index (χ0) is 21.1. The van der Waals surface area contributed by atoms with E-state index >= 15 is 0 Å². The van der Waals surface area contributed by atoms with Crippen molar-refractivity contribution < 1.29 is 23.8 Å². The van der Waals surface area contributed by atoms with E-state index < -0.39 is 5.91 Å². The van der Waals surface area contributed by atoms with Crippen molar-refractivity contribution in [3.63, 3.8) is 0 Å². The maximum Gasteiger partial charge on any atom is 0.265 e. The quantitative estimate of drug-likeness (QED) is 0.584. The van der Waals surface area contributed by atoms with Gasteiger partial charge in [-0.05, 0) is 38.1 Å². The van der Waals surface area contributed by atoms with Crippen molar-refractivity contribution in [2.24, 2.45) is 5.10 Å². The number of anilines is 1. The Morgan fingerprint density at radius 3 is 3.00 bits per heavy atom. The van der Waals surface area contributed by atoms with Gasteiger partial charge in [-0.2, -0.15) is 5.10 Å². The Morgan fingerprint density at radius 2 is 2.17 bits per heavy atom. The van der Waals surface area contributed by atoms with Crippen molar-refractivity contribution in [3.8, 4) is 17.2 Å². The third kappa shape index (κ3) is 4.07. The number of fused-ring (bicyclic) bond motifs is 2. The second kappa shape index (κ2) is 8.44. The van der Waals surface area contributed by atoms with Crippen LogP contribution in [0.5, 0.6) is 17.2 Å². The fourth-order valence-corrected chi connectivity index (χ4v) is 3.52. The van der Waals surface area contributed by atoms with Crippen LogP contribution < -0.4 is 24.5 Å². The van der Waals surface area contributed by atoms with Crippen molar-refractivity contribution >= 4 is 23.7 Å². The van der Waals surface area contributed by atoms with E-state index in [1.165, 1.54) is 11.1 Å². The molecule has 1 N–H and O–H groups in total. The summed E-state index contributed by atoms with van der Waals surface area (Å²) < 4.78 is 16.9. The molecule has 4 rings (SSSR count). The van der Waals surface area contributed by atoms with Crippen molar-refractivity contribution in [3.05, 3.63) is 47.5 Å². The van der Waals surface area contributed by atoms with Gasteiger partial charge in [0, 0.05) is 17.5 Å². The number of rotatable bonds is 6. The Morgan fingerprint density at radius 1 is 1.33 bits per heavy atom. The summed E-state index contributed by atoms with van der Waals surface area (Å²) in [6.07, 6.45) is 2.47. The number of para-hydroxylation sites is 2. The normalized spacial score (nSPS) is 17.2. The van der Waals surface area contributed by atoms with E-state index in [0.717, 1.165) is 17.7 Å². The molecule has 2 aromatic carbocycles. The lowest BCUT2D eigenvalue weighted by atomic mass is 10.1. The van der Waals surface area contributed by atoms with Crippen LogP contribution >= 0.6 is 0 Å². The van der Waals surface area contributed by atoms with Gasteiger partial charge in [-0.3, -0.25) is 14.5 Å². The maximum atomic E-state index is 12.4. The van der Waals surface area contributed by atoms with Crippen LogP contribution in [0, 0.1) is 0 Å². The molecule has 1 atom stereocenters.